The molecule has 2 rings (SSSR count). The Kier molecular flexibility index (Phi) is 4.83. The molecule has 1 N–H and O–H groups in total. The monoisotopic (exact) mass is 272 g/mol. The molecular formula is C17H24N2O. The third-order valence-electron chi connectivity index (χ3n) is 3.52. The third-order valence-corrected chi connectivity index (χ3v) is 3.52. The second kappa shape index (κ2) is 6.60. The van der Waals surface area contributed by atoms with Gasteiger partial charge in [0.1, 0.15) is 5.69 Å². The molecule has 0 unspecified atom stereocenters. The number of nitrogens with zero attached hydrogens (tertiary/aromatic N) is 2. The minimum absolute atomic E-state index is 0.391. The van der Waals surface area contributed by atoms with Crippen LogP contribution in [0, 0.1) is 6.92 Å². The van der Waals surface area contributed by atoms with Gasteiger partial charge in [-0.25, -0.2) is 4.68 Å². The fourth-order valence-electron chi connectivity index (χ4n) is 2.44. The van der Waals surface area contributed by atoms with Gasteiger partial charge in [0.25, 0.3) is 0 Å². The van der Waals surface area contributed by atoms with Gasteiger partial charge in [-0.2, -0.15) is 5.10 Å². The molecule has 108 valence electrons. The van der Waals surface area contributed by atoms with Crippen LogP contribution in [0.5, 0.6) is 5.75 Å². The molecule has 0 radical (unpaired) electrons. The average molecular weight is 272 g/mol. The Morgan fingerprint density at radius 1 is 1.15 bits per heavy atom. The van der Waals surface area contributed by atoms with Gasteiger partial charge in [-0.3, -0.25) is 0 Å². The summed E-state index contributed by atoms with van der Waals surface area (Å²) in [6, 6.07) is 8.26. The standard InChI is InChI=1S/C17H24N2O/c1-4-6-11-15-17(20)16(8-5-2)19(18-15)14-10-7-9-13(3)12-14/h7,9-10,12,20H,4-6,8,11H2,1-3H3. The Hall–Kier alpha value is -1.77. The van der Waals surface area contributed by atoms with Crippen LogP contribution in [-0.4, -0.2) is 14.9 Å². The highest BCUT2D eigenvalue weighted by Gasteiger charge is 2.17. The third kappa shape index (κ3) is 3.03. The lowest BCUT2D eigenvalue weighted by Gasteiger charge is -2.07. The Morgan fingerprint density at radius 3 is 2.60 bits per heavy atom. The summed E-state index contributed by atoms with van der Waals surface area (Å²) in [7, 11) is 0. The van der Waals surface area contributed by atoms with Crippen molar-refractivity contribution in [3.63, 3.8) is 0 Å². The molecule has 0 aliphatic heterocycles. The fraction of sp³-hybridized carbons (Fsp3) is 0.471. The van der Waals surface area contributed by atoms with Crippen molar-refractivity contribution in [1.29, 1.82) is 0 Å². The maximum Gasteiger partial charge on any atom is 0.160 e. The average Bonchev–Trinajstić information content (AvgIpc) is 2.74. The van der Waals surface area contributed by atoms with Crippen molar-refractivity contribution >= 4 is 0 Å². The summed E-state index contributed by atoms with van der Waals surface area (Å²) in [5.74, 6) is 0.391. The Bertz CT molecular complexity index is 572. The van der Waals surface area contributed by atoms with Crippen LogP contribution in [0.4, 0.5) is 0 Å². The van der Waals surface area contributed by atoms with Crippen molar-refractivity contribution in [3.05, 3.63) is 41.2 Å². The summed E-state index contributed by atoms with van der Waals surface area (Å²) >= 11 is 0. The van der Waals surface area contributed by atoms with Gasteiger partial charge in [0, 0.05) is 0 Å². The SMILES string of the molecule is CCCCc1nn(-c2cccc(C)c2)c(CCC)c1O. The van der Waals surface area contributed by atoms with E-state index in [4.69, 9.17) is 0 Å². The van der Waals surface area contributed by atoms with Gasteiger partial charge < -0.3 is 5.11 Å². The van der Waals surface area contributed by atoms with Gasteiger partial charge in [-0.15, -0.1) is 0 Å². The highest BCUT2D eigenvalue weighted by molar-refractivity contribution is 5.42. The number of unbranched alkanes of at least 4 members (excludes halogenated alkanes) is 1. The number of hydrogen-bond donors (Lipinski definition) is 1. The van der Waals surface area contributed by atoms with Crippen LogP contribution in [0.3, 0.4) is 0 Å². The number of aromatic nitrogens is 2. The first-order chi connectivity index (χ1) is 9.67. The molecule has 3 nitrogen and oxygen atoms in total. The highest BCUT2D eigenvalue weighted by atomic mass is 16.3. The van der Waals surface area contributed by atoms with Crippen molar-refractivity contribution in [2.75, 3.05) is 0 Å². The molecule has 0 saturated carbocycles. The quantitative estimate of drug-likeness (QED) is 0.856. The largest absolute Gasteiger partial charge is 0.504 e. The molecule has 0 fully saturated rings. The molecule has 0 saturated heterocycles. The van der Waals surface area contributed by atoms with E-state index in [1.807, 2.05) is 16.8 Å². The van der Waals surface area contributed by atoms with E-state index in [2.05, 4.69) is 38.0 Å². The minimum Gasteiger partial charge on any atom is -0.504 e. The van der Waals surface area contributed by atoms with Gasteiger partial charge in [0.15, 0.2) is 5.75 Å². The van der Waals surface area contributed by atoms with Crippen LogP contribution < -0.4 is 0 Å². The number of hydrogen-bond acceptors (Lipinski definition) is 2. The molecule has 1 heterocycles. The molecule has 3 heteroatoms. The lowest BCUT2D eigenvalue weighted by Crippen LogP contribution is -2.02. The van der Waals surface area contributed by atoms with Crippen molar-refractivity contribution in [1.82, 2.24) is 9.78 Å². The van der Waals surface area contributed by atoms with Crippen LogP contribution in [-0.2, 0) is 12.8 Å². The van der Waals surface area contributed by atoms with E-state index >= 15 is 0 Å². The first-order valence-electron chi connectivity index (χ1n) is 7.54. The molecule has 0 spiro atoms. The summed E-state index contributed by atoms with van der Waals surface area (Å²) in [6.45, 7) is 6.35. The van der Waals surface area contributed by atoms with Crippen LogP contribution in [0.25, 0.3) is 5.69 Å². The zero-order chi connectivity index (χ0) is 14.5. The van der Waals surface area contributed by atoms with Crippen molar-refractivity contribution in [2.45, 2.75) is 52.9 Å². The molecule has 0 amide bonds. The Morgan fingerprint density at radius 2 is 1.95 bits per heavy atom. The van der Waals surface area contributed by atoms with E-state index in [9.17, 15) is 5.11 Å². The van der Waals surface area contributed by atoms with Crippen molar-refractivity contribution < 1.29 is 5.11 Å². The lowest BCUT2D eigenvalue weighted by molar-refractivity contribution is 0.459. The number of benzene rings is 1. The molecule has 1 aromatic heterocycles. The summed E-state index contributed by atoms with van der Waals surface area (Å²) in [4.78, 5) is 0. The maximum absolute atomic E-state index is 10.4. The first-order valence-corrected chi connectivity index (χ1v) is 7.54. The molecule has 20 heavy (non-hydrogen) atoms. The van der Waals surface area contributed by atoms with E-state index in [0.717, 1.165) is 49.2 Å². The molecule has 0 bridgehead atoms. The number of aryl methyl sites for hydroxylation is 2. The zero-order valence-electron chi connectivity index (χ0n) is 12.7. The predicted molar refractivity (Wildman–Crippen MR) is 82.6 cm³/mol. The van der Waals surface area contributed by atoms with Crippen LogP contribution >= 0.6 is 0 Å². The molecule has 2 aromatic rings. The smallest absolute Gasteiger partial charge is 0.160 e. The summed E-state index contributed by atoms with van der Waals surface area (Å²) in [5, 5.41) is 15.1. The van der Waals surface area contributed by atoms with Gasteiger partial charge in [0.2, 0.25) is 0 Å². The van der Waals surface area contributed by atoms with Gasteiger partial charge in [0.05, 0.1) is 11.4 Å². The number of rotatable bonds is 6. The second-order valence-corrected chi connectivity index (χ2v) is 5.35. The molecule has 0 atom stereocenters. The molecule has 1 aromatic carbocycles. The highest BCUT2D eigenvalue weighted by Crippen LogP contribution is 2.27. The topological polar surface area (TPSA) is 38.0 Å². The Labute approximate surface area is 121 Å². The second-order valence-electron chi connectivity index (χ2n) is 5.35. The van der Waals surface area contributed by atoms with Crippen molar-refractivity contribution in [2.24, 2.45) is 0 Å². The normalized spacial score (nSPS) is 10.9. The van der Waals surface area contributed by atoms with Crippen molar-refractivity contribution in [3.8, 4) is 11.4 Å². The van der Waals surface area contributed by atoms with E-state index < -0.39 is 0 Å². The van der Waals surface area contributed by atoms with Gasteiger partial charge in [-0.1, -0.05) is 38.8 Å². The van der Waals surface area contributed by atoms with E-state index in [1.165, 1.54) is 5.56 Å². The Balaban J connectivity index is 2.45. The molecular weight excluding hydrogens is 248 g/mol. The van der Waals surface area contributed by atoms with Gasteiger partial charge >= 0.3 is 0 Å². The van der Waals surface area contributed by atoms with Gasteiger partial charge in [-0.05, 0) is 43.9 Å². The van der Waals surface area contributed by atoms with Crippen LogP contribution in [0.2, 0.25) is 0 Å². The van der Waals surface area contributed by atoms with Crippen LogP contribution in [0.1, 0.15) is 50.1 Å². The number of aromatic hydroxyl groups is 1. The fourth-order valence-corrected chi connectivity index (χ4v) is 2.44. The summed E-state index contributed by atoms with van der Waals surface area (Å²) in [5.41, 5.74) is 4.00. The predicted octanol–water partition coefficient (Wildman–Crippen LogP) is 4.18. The van der Waals surface area contributed by atoms with E-state index in [1.54, 1.807) is 0 Å². The minimum atomic E-state index is 0.391. The molecule has 0 aliphatic carbocycles. The zero-order valence-corrected chi connectivity index (χ0v) is 12.7. The first kappa shape index (κ1) is 14.6. The van der Waals surface area contributed by atoms with E-state index in [0.29, 0.717) is 5.75 Å². The van der Waals surface area contributed by atoms with E-state index in [-0.39, 0.29) is 0 Å². The summed E-state index contributed by atoms with van der Waals surface area (Å²) < 4.78 is 1.91. The van der Waals surface area contributed by atoms with Crippen LogP contribution in [0.15, 0.2) is 24.3 Å². The summed E-state index contributed by atoms with van der Waals surface area (Å²) in [6.07, 6.45) is 4.86. The maximum atomic E-state index is 10.4. The lowest BCUT2D eigenvalue weighted by atomic mass is 10.1. The molecule has 0 aliphatic rings.